The van der Waals surface area contributed by atoms with Crippen molar-refractivity contribution >= 4 is 28.9 Å². The molecule has 0 aliphatic carbocycles. The van der Waals surface area contributed by atoms with Crippen LogP contribution in [-0.2, 0) is 11.3 Å². The predicted octanol–water partition coefficient (Wildman–Crippen LogP) is 3.46. The van der Waals surface area contributed by atoms with Crippen LogP contribution in [0.2, 0.25) is 5.02 Å². The quantitative estimate of drug-likeness (QED) is 0.638. The number of likely N-dealkylation sites (N-methyl/N-ethyl adjacent to an activating group) is 1. The first-order valence-electron chi connectivity index (χ1n) is 7.02. The molecule has 0 unspecified atom stereocenters. The molecule has 1 amide bonds. The molecule has 0 saturated carbocycles. The van der Waals surface area contributed by atoms with Gasteiger partial charge in [-0.05, 0) is 25.2 Å². The number of anilines is 1. The summed E-state index contributed by atoms with van der Waals surface area (Å²) in [5, 5.41) is 13.6. The number of rotatable bonds is 6. The Labute approximate surface area is 143 Å². The third kappa shape index (κ3) is 4.74. The molecule has 0 saturated heterocycles. The second kappa shape index (κ2) is 7.85. The molecule has 1 N–H and O–H groups in total. The molecule has 0 bridgehead atoms. The number of carbonyl (C=O) groups is 1. The van der Waals surface area contributed by atoms with Gasteiger partial charge >= 0.3 is 0 Å². The molecular weight excluding hydrogens is 337 g/mol. The number of hydrogen-bond donors (Lipinski definition) is 1. The lowest BCUT2D eigenvalue weighted by Gasteiger charge is -2.17. The fourth-order valence-electron chi connectivity index (χ4n) is 2.15. The maximum absolute atomic E-state index is 13.7. The molecule has 0 aliphatic rings. The van der Waals surface area contributed by atoms with Gasteiger partial charge in [-0.3, -0.25) is 19.8 Å². The summed E-state index contributed by atoms with van der Waals surface area (Å²) < 4.78 is 13.7. The summed E-state index contributed by atoms with van der Waals surface area (Å²) >= 11 is 5.96. The van der Waals surface area contributed by atoms with Crippen LogP contribution < -0.4 is 5.32 Å². The van der Waals surface area contributed by atoms with Crippen molar-refractivity contribution in [3.8, 4) is 0 Å². The molecule has 6 nitrogen and oxygen atoms in total. The van der Waals surface area contributed by atoms with Crippen LogP contribution >= 0.6 is 11.6 Å². The van der Waals surface area contributed by atoms with Gasteiger partial charge < -0.3 is 5.32 Å². The van der Waals surface area contributed by atoms with Gasteiger partial charge in [-0.2, -0.15) is 0 Å². The zero-order chi connectivity index (χ0) is 17.7. The van der Waals surface area contributed by atoms with Crippen LogP contribution in [0, 0.1) is 15.9 Å². The van der Waals surface area contributed by atoms with Crippen molar-refractivity contribution in [3.63, 3.8) is 0 Å². The number of benzene rings is 2. The number of non-ortho nitro benzene ring substituents is 1. The van der Waals surface area contributed by atoms with E-state index in [9.17, 15) is 19.3 Å². The Hall–Kier alpha value is -2.51. The first kappa shape index (κ1) is 17.8. The summed E-state index contributed by atoms with van der Waals surface area (Å²) in [7, 11) is 1.65. The van der Waals surface area contributed by atoms with Gasteiger partial charge in [-0.25, -0.2) is 4.39 Å². The predicted molar refractivity (Wildman–Crippen MR) is 89.5 cm³/mol. The standard InChI is InChI=1S/C16H15ClFN3O3/c1-20(9-13-14(17)6-3-7-15(13)18)10-16(22)19-11-4-2-5-12(8-11)21(23)24/h2-8H,9-10H2,1H3,(H,19,22). The summed E-state index contributed by atoms with van der Waals surface area (Å²) in [6.45, 7) is 0.140. The monoisotopic (exact) mass is 351 g/mol. The fraction of sp³-hybridized carbons (Fsp3) is 0.188. The third-order valence-electron chi connectivity index (χ3n) is 3.24. The molecule has 126 valence electrons. The highest BCUT2D eigenvalue weighted by molar-refractivity contribution is 6.31. The molecule has 8 heteroatoms. The van der Waals surface area contributed by atoms with Crippen molar-refractivity contribution in [2.24, 2.45) is 0 Å². The number of nitro benzene ring substituents is 1. The van der Waals surface area contributed by atoms with Crippen molar-refractivity contribution in [2.45, 2.75) is 6.54 Å². The third-order valence-corrected chi connectivity index (χ3v) is 3.60. The largest absolute Gasteiger partial charge is 0.325 e. The van der Waals surface area contributed by atoms with Gasteiger partial charge in [-0.1, -0.05) is 23.7 Å². The Bertz CT molecular complexity index is 750. The smallest absolute Gasteiger partial charge is 0.271 e. The average Bonchev–Trinajstić information content (AvgIpc) is 2.51. The van der Waals surface area contributed by atoms with Crippen LogP contribution in [0.1, 0.15) is 5.56 Å². The van der Waals surface area contributed by atoms with E-state index in [0.717, 1.165) is 0 Å². The summed E-state index contributed by atoms with van der Waals surface area (Å²) in [6, 6.07) is 10.0. The summed E-state index contributed by atoms with van der Waals surface area (Å²) in [6.07, 6.45) is 0. The summed E-state index contributed by atoms with van der Waals surface area (Å²) in [4.78, 5) is 23.8. The van der Waals surface area contributed by atoms with E-state index in [0.29, 0.717) is 16.3 Å². The molecule has 2 rings (SSSR count). The fourth-order valence-corrected chi connectivity index (χ4v) is 2.37. The molecule has 0 aliphatic heterocycles. The second-order valence-electron chi connectivity index (χ2n) is 5.23. The van der Waals surface area contributed by atoms with Gasteiger partial charge in [0.25, 0.3) is 5.69 Å². The Kier molecular flexibility index (Phi) is 5.83. The van der Waals surface area contributed by atoms with E-state index in [4.69, 9.17) is 11.6 Å². The van der Waals surface area contributed by atoms with Crippen molar-refractivity contribution in [3.05, 3.63) is 69.0 Å². The van der Waals surface area contributed by atoms with Gasteiger partial charge in [0.2, 0.25) is 5.91 Å². The van der Waals surface area contributed by atoms with Crippen LogP contribution in [0.3, 0.4) is 0 Å². The highest BCUT2D eigenvalue weighted by Gasteiger charge is 2.13. The maximum atomic E-state index is 13.7. The highest BCUT2D eigenvalue weighted by atomic mass is 35.5. The van der Waals surface area contributed by atoms with Crippen molar-refractivity contribution in [2.75, 3.05) is 18.9 Å². The normalized spacial score (nSPS) is 10.7. The van der Waals surface area contributed by atoms with Gasteiger partial charge in [0.15, 0.2) is 0 Å². The van der Waals surface area contributed by atoms with Crippen molar-refractivity contribution < 1.29 is 14.1 Å². The Morgan fingerprint density at radius 1 is 1.33 bits per heavy atom. The average molecular weight is 352 g/mol. The Balaban J connectivity index is 1.97. The van der Waals surface area contributed by atoms with Crippen LogP contribution in [0.4, 0.5) is 15.8 Å². The zero-order valence-corrected chi connectivity index (χ0v) is 13.6. The molecule has 0 radical (unpaired) electrons. The number of carbonyl (C=O) groups excluding carboxylic acids is 1. The maximum Gasteiger partial charge on any atom is 0.271 e. The zero-order valence-electron chi connectivity index (χ0n) is 12.8. The molecule has 0 aromatic heterocycles. The first-order chi connectivity index (χ1) is 11.4. The van der Waals surface area contributed by atoms with E-state index in [1.807, 2.05) is 0 Å². The van der Waals surface area contributed by atoms with Gasteiger partial charge in [0.1, 0.15) is 5.82 Å². The van der Waals surface area contributed by atoms with Crippen LogP contribution in [0.5, 0.6) is 0 Å². The van der Waals surface area contributed by atoms with Gasteiger partial charge in [-0.15, -0.1) is 0 Å². The Morgan fingerprint density at radius 3 is 2.71 bits per heavy atom. The first-order valence-corrected chi connectivity index (χ1v) is 7.40. The SMILES string of the molecule is CN(CC(=O)Nc1cccc([N+](=O)[O-])c1)Cc1c(F)cccc1Cl. The molecular formula is C16H15ClFN3O3. The number of nitro groups is 1. The minimum absolute atomic E-state index is 0.0205. The lowest BCUT2D eigenvalue weighted by atomic mass is 10.2. The van der Waals surface area contributed by atoms with Crippen LogP contribution in [-0.4, -0.2) is 29.3 Å². The number of amides is 1. The van der Waals surface area contributed by atoms with E-state index in [-0.39, 0.29) is 24.7 Å². The van der Waals surface area contributed by atoms with Crippen LogP contribution in [0.15, 0.2) is 42.5 Å². The van der Waals surface area contributed by atoms with Gasteiger partial charge in [0, 0.05) is 35.0 Å². The lowest BCUT2D eigenvalue weighted by molar-refractivity contribution is -0.384. The topological polar surface area (TPSA) is 75.5 Å². The minimum Gasteiger partial charge on any atom is -0.325 e. The van der Waals surface area contributed by atoms with Crippen LogP contribution in [0.25, 0.3) is 0 Å². The molecule has 0 heterocycles. The minimum atomic E-state index is -0.540. The van der Waals surface area contributed by atoms with Crippen molar-refractivity contribution in [1.82, 2.24) is 4.90 Å². The summed E-state index contributed by atoms with van der Waals surface area (Å²) in [5.41, 5.74) is 0.524. The molecule has 2 aromatic rings. The molecule has 24 heavy (non-hydrogen) atoms. The second-order valence-corrected chi connectivity index (χ2v) is 5.64. The van der Waals surface area contributed by atoms with Crippen molar-refractivity contribution in [1.29, 1.82) is 0 Å². The number of halogens is 2. The number of hydrogen-bond acceptors (Lipinski definition) is 4. The van der Waals surface area contributed by atoms with E-state index in [1.54, 1.807) is 24.1 Å². The lowest BCUT2D eigenvalue weighted by Crippen LogP contribution is -2.30. The number of nitrogens with zero attached hydrogens (tertiary/aromatic N) is 2. The number of nitrogens with one attached hydrogen (secondary N) is 1. The molecule has 0 fully saturated rings. The van der Waals surface area contributed by atoms with E-state index < -0.39 is 10.7 Å². The Morgan fingerprint density at radius 2 is 2.04 bits per heavy atom. The summed E-state index contributed by atoms with van der Waals surface area (Å²) in [5.74, 6) is -0.807. The van der Waals surface area contributed by atoms with Gasteiger partial charge in [0.05, 0.1) is 11.5 Å². The highest BCUT2D eigenvalue weighted by Crippen LogP contribution is 2.20. The molecule has 0 atom stereocenters. The molecule has 0 spiro atoms. The van der Waals surface area contributed by atoms with E-state index in [1.165, 1.54) is 30.3 Å². The van der Waals surface area contributed by atoms with E-state index in [2.05, 4.69) is 5.32 Å². The van der Waals surface area contributed by atoms with E-state index >= 15 is 0 Å². The molecule has 2 aromatic carbocycles.